The molecule has 0 aliphatic carbocycles. The quantitative estimate of drug-likeness (QED) is 0.792. The van der Waals surface area contributed by atoms with Crippen LogP contribution in [0.1, 0.15) is 17.2 Å². The van der Waals surface area contributed by atoms with Crippen molar-refractivity contribution in [3.63, 3.8) is 0 Å². The van der Waals surface area contributed by atoms with Gasteiger partial charge >= 0.3 is 0 Å². The topological polar surface area (TPSA) is 49.9 Å². The van der Waals surface area contributed by atoms with E-state index in [0.29, 0.717) is 24.6 Å². The minimum atomic E-state index is -3.55. The first-order chi connectivity index (χ1) is 13.4. The Labute approximate surface area is 164 Å². The van der Waals surface area contributed by atoms with Gasteiger partial charge in [0.2, 0.25) is 10.0 Å². The number of hydrogen-bond donors (Lipinski definition) is 0. The standard InChI is InChI=1S/C21H23FN2O3S/c1-23-11-16-12-24(13-19(16)21(23)15-3-2-4-17(22)9-15)28(25,26)18-5-6-20-14(10-18)7-8-27-20/h2-6,9-10,16,19,21H,7-8,11-13H2,1H3/t16-,19+,21-/m0/s1. The van der Waals surface area contributed by atoms with Crippen molar-refractivity contribution in [3.8, 4) is 5.75 Å². The van der Waals surface area contributed by atoms with Crippen LogP contribution in [0.15, 0.2) is 47.4 Å². The van der Waals surface area contributed by atoms with Crippen LogP contribution in [0.5, 0.6) is 5.75 Å². The normalized spacial score (nSPS) is 27.6. The maximum absolute atomic E-state index is 13.8. The Morgan fingerprint density at radius 1 is 1.11 bits per heavy atom. The molecule has 148 valence electrons. The van der Waals surface area contributed by atoms with E-state index in [-0.39, 0.29) is 23.7 Å². The summed E-state index contributed by atoms with van der Waals surface area (Å²) in [5, 5.41) is 0. The fraction of sp³-hybridized carbons (Fsp3) is 0.429. The Balaban J connectivity index is 1.42. The van der Waals surface area contributed by atoms with Gasteiger partial charge in [-0.25, -0.2) is 12.8 Å². The average Bonchev–Trinajstić information content (AvgIpc) is 3.34. The molecule has 0 spiro atoms. The molecule has 28 heavy (non-hydrogen) atoms. The van der Waals surface area contributed by atoms with Crippen molar-refractivity contribution in [2.75, 3.05) is 33.3 Å². The fourth-order valence-electron chi connectivity index (χ4n) is 5.08. The zero-order valence-corrected chi connectivity index (χ0v) is 16.5. The molecule has 3 aliphatic heterocycles. The van der Waals surface area contributed by atoms with Crippen LogP contribution in [-0.4, -0.2) is 50.9 Å². The lowest BCUT2D eigenvalue weighted by Gasteiger charge is -2.26. The van der Waals surface area contributed by atoms with E-state index in [2.05, 4.69) is 4.90 Å². The van der Waals surface area contributed by atoms with E-state index in [4.69, 9.17) is 4.74 Å². The van der Waals surface area contributed by atoms with Gasteiger partial charge < -0.3 is 4.74 Å². The Kier molecular flexibility index (Phi) is 4.23. The van der Waals surface area contributed by atoms with Crippen LogP contribution in [0.4, 0.5) is 4.39 Å². The summed E-state index contributed by atoms with van der Waals surface area (Å²) in [4.78, 5) is 2.56. The Morgan fingerprint density at radius 2 is 1.96 bits per heavy atom. The van der Waals surface area contributed by atoms with Gasteiger partial charge in [0.15, 0.2) is 0 Å². The first-order valence-electron chi connectivity index (χ1n) is 9.65. The number of ether oxygens (including phenoxy) is 1. The maximum atomic E-state index is 13.8. The molecule has 3 atom stereocenters. The SMILES string of the molecule is CN1C[C@H]2CN(S(=O)(=O)c3ccc4c(c3)CCO4)C[C@H]2[C@@H]1c1cccc(F)c1. The van der Waals surface area contributed by atoms with Crippen molar-refractivity contribution < 1.29 is 17.5 Å². The summed E-state index contributed by atoms with van der Waals surface area (Å²) in [5.74, 6) is 0.951. The van der Waals surface area contributed by atoms with E-state index in [1.54, 1.807) is 34.6 Å². The van der Waals surface area contributed by atoms with E-state index in [1.807, 2.05) is 13.1 Å². The third-order valence-electron chi connectivity index (χ3n) is 6.35. The Hall–Kier alpha value is -1.96. The summed E-state index contributed by atoms with van der Waals surface area (Å²) < 4.78 is 47.4. The summed E-state index contributed by atoms with van der Waals surface area (Å²) in [6.45, 7) is 2.40. The fourth-order valence-corrected chi connectivity index (χ4v) is 6.66. The summed E-state index contributed by atoms with van der Waals surface area (Å²) >= 11 is 0. The van der Waals surface area contributed by atoms with Gasteiger partial charge in [-0.1, -0.05) is 12.1 Å². The molecular formula is C21H23FN2O3S. The zero-order chi connectivity index (χ0) is 19.5. The van der Waals surface area contributed by atoms with E-state index in [1.165, 1.54) is 6.07 Å². The van der Waals surface area contributed by atoms with E-state index < -0.39 is 10.0 Å². The van der Waals surface area contributed by atoms with E-state index in [0.717, 1.165) is 29.8 Å². The largest absolute Gasteiger partial charge is 0.493 e. The third kappa shape index (κ3) is 2.84. The van der Waals surface area contributed by atoms with Gasteiger partial charge in [-0.15, -0.1) is 0 Å². The predicted molar refractivity (Wildman–Crippen MR) is 103 cm³/mol. The third-order valence-corrected chi connectivity index (χ3v) is 8.18. The Morgan fingerprint density at radius 3 is 2.79 bits per heavy atom. The van der Waals surface area contributed by atoms with Crippen LogP contribution in [0.2, 0.25) is 0 Å². The lowest BCUT2D eigenvalue weighted by molar-refractivity contribution is 0.260. The number of halogens is 1. The Bertz CT molecular complexity index is 1030. The highest BCUT2D eigenvalue weighted by Crippen LogP contribution is 2.45. The minimum Gasteiger partial charge on any atom is -0.493 e. The van der Waals surface area contributed by atoms with Gasteiger partial charge in [0.25, 0.3) is 0 Å². The number of benzene rings is 2. The lowest BCUT2D eigenvalue weighted by Crippen LogP contribution is -2.33. The van der Waals surface area contributed by atoms with Crippen molar-refractivity contribution >= 4 is 10.0 Å². The van der Waals surface area contributed by atoms with Crippen molar-refractivity contribution in [1.82, 2.24) is 9.21 Å². The van der Waals surface area contributed by atoms with E-state index >= 15 is 0 Å². The highest BCUT2D eigenvalue weighted by atomic mass is 32.2. The second-order valence-electron chi connectivity index (χ2n) is 8.05. The van der Waals surface area contributed by atoms with Crippen LogP contribution in [0.3, 0.4) is 0 Å². The minimum absolute atomic E-state index is 0.0364. The van der Waals surface area contributed by atoms with E-state index in [9.17, 15) is 12.8 Å². The second kappa shape index (κ2) is 6.54. The molecule has 2 saturated heterocycles. The molecule has 5 rings (SSSR count). The molecule has 3 heterocycles. The maximum Gasteiger partial charge on any atom is 0.243 e. The van der Waals surface area contributed by atoms with Crippen molar-refractivity contribution in [3.05, 3.63) is 59.4 Å². The second-order valence-corrected chi connectivity index (χ2v) is 9.99. The molecule has 0 amide bonds. The molecule has 0 aromatic heterocycles. The molecule has 0 bridgehead atoms. The molecule has 0 unspecified atom stereocenters. The van der Waals surface area contributed by atoms with Crippen LogP contribution in [-0.2, 0) is 16.4 Å². The summed E-state index contributed by atoms with van der Waals surface area (Å²) in [5.41, 5.74) is 1.88. The average molecular weight is 402 g/mol. The number of sulfonamides is 1. The number of rotatable bonds is 3. The number of fused-ring (bicyclic) bond motifs is 2. The number of hydrogen-bond acceptors (Lipinski definition) is 4. The first-order valence-corrected chi connectivity index (χ1v) is 11.1. The summed E-state index contributed by atoms with van der Waals surface area (Å²) in [6, 6.07) is 11.9. The van der Waals surface area contributed by atoms with Crippen LogP contribution >= 0.6 is 0 Å². The highest BCUT2D eigenvalue weighted by Gasteiger charge is 2.49. The van der Waals surface area contributed by atoms with Crippen molar-refractivity contribution in [1.29, 1.82) is 0 Å². The molecule has 0 radical (unpaired) electrons. The van der Waals surface area contributed by atoms with Gasteiger partial charge in [-0.2, -0.15) is 4.31 Å². The molecule has 5 nitrogen and oxygen atoms in total. The van der Waals surface area contributed by atoms with Crippen molar-refractivity contribution in [2.45, 2.75) is 17.4 Å². The zero-order valence-electron chi connectivity index (χ0n) is 15.7. The van der Waals surface area contributed by atoms with Gasteiger partial charge in [0.1, 0.15) is 11.6 Å². The molecule has 7 heteroatoms. The number of likely N-dealkylation sites (tertiary alicyclic amines) is 1. The first kappa shape index (κ1) is 18.1. The van der Waals surface area contributed by atoms with Crippen LogP contribution in [0.25, 0.3) is 0 Å². The molecule has 0 N–H and O–H groups in total. The van der Waals surface area contributed by atoms with Crippen LogP contribution in [0, 0.1) is 17.7 Å². The smallest absolute Gasteiger partial charge is 0.243 e. The number of nitrogens with zero attached hydrogens (tertiary/aromatic N) is 2. The summed E-state index contributed by atoms with van der Waals surface area (Å²) in [7, 11) is -1.51. The monoisotopic (exact) mass is 402 g/mol. The molecule has 3 aliphatic rings. The van der Waals surface area contributed by atoms with Crippen LogP contribution < -0.4 is 4.74 Å². The summed E-state index contributed by atoms with van der Waals surface area (Å²) in [6.07, 6.45) is 0.746. The van der Waals surface area contributed by atoms with Gasteiger partial charge in [0.05, 0.1) is 11.5 Å². The predicted octanol–water partition coefficient (Wildman–Crippen LogP) is 2.68. The molecular weight excluding hydrogens is 379 g/mol. The van der Waals surface area contributed by atoms with Gasteiger partial charge in [-0.05, 0) is 60.3 Å². The molecule has 2 aromatic rings. The van der Waals surface area contributed by atoms with Gasteiger partial charge in [-0.3, -0.25) is 4.90 Å². The van der Waals surface area contributed by atoms with Crippen molar-refractivity contribution in [2.24, 2.45) is 11.8 Å². The molecule has 2 fully saturated rings. The highest BCUT2D eigenvalue weighted by molar-refractivity contribution is 7.89. The molecule has 2 aromatic carbocycles. The molecule has 0 saturated carbocycles. The lowest BCUT2D eigenvalue weighted by atomic mass is 9.89. The van der Waals surface area contributed by atoms with Gasteiger partial charge in [0, 0.05) is 32.1 Å².